The molecule has 0 aliphatic heterocycles. The average Bonchev–Trinajstić information content (AvgIpc) is 2.43. The third-order valence-electron chi connectivity index (χ3n) is 3.11. The van der Waals surface area contributed by atoms with Gasteiger partial charge in [0.25, 0.3) is 0 Å². The zero-order chi connectivity index (χ0) is 13.7. The standard InChI is InChI=1S/C16H17ClFN/c1-2-14(10-12-6-4-3-5-7-12)19-16-11-13(17)8-9-15(16)18/h3-9,11,14,19H,2,10H2,1H3. The molecular weight excluding hydrogens is 261 g/mol. The first-order chi connectivity index (χ1) is 9.19. The molecule has 0 spiro atoms. The molecule has 100 valence electrons. The molecule has 0 aliphatic rings. The van der Waals surface area contributed by atoms with Gasteiger partial charge in [0.1, 0.15) is 5.82 Å². The van der Waals surface area contributed by atoms with Gasteiger partial charge in [-0.15, -0.1) is 0 Å². The van der Waals surface area contributed by atoms with Crippen molar-refractivity contribution in [2.75, 3.05) is 5.32 Å². The lowest BCUT2D eigenvalue weighted by Gasteiger charge is -2.19. The van der Waals surface area contributed by atoms with Gasteiger partial charge in [0.2, 0.25) is 0 Å². The summed E-state index contributed by atoms with van der Waals surface area (Å²) in [4.78, 5) is 0. The van der Waals surface area contributed by atoms with E-state index in [1.807, 2.05) is 18.2 Å². The summed E-state index contributed by atoms with van der Waals surface area (Å²) in [5.41, 5.74) is 1.71. The Kier molecular flexibility index (Phi) is 4.80. The molecule has 1 atom stereocenters. The monoisotopic (exact) mass is 277 g/mol. The first-order valence-electron chi connectivity index (χ1n) is 6.44. The molecule has 0 fully saturated rings. The Morgan fingerprint density at radius 2 is 1.89 bits per heavy atom. The highest BCUT2D eigenvalue weighted by Gasteiger charge is 2.10. The van der Waals surface area contributed by atoms with Gasteiger partial charge in [0.05, 0.1) is 5.69 Å². The summed E-state index contributed by atoms with van der Waals surface area (Å²) in [6.07, 6.45) is 1.78. The van der Waals surface area contributed by atoms with E-state index < -0.39 is 0 Å². The van der Waals surface area contributed by atoms with Crippen LogP contribution in [0.1, 0.15) is 18.9 Å². The lowest BCUT2D eigenvalue weighted by Crippen LogP contribution is -2.21. The van der Waals surface area contributed by atoms with Gasteiger partial charge < -0.3 is 5.32 Å². The number of hydrogen-bond acceptors (Lipinski definition) is 1. The molecule has 0 saturated heterocycles. The lowest BCUT2D eigenvalue weighted by atomic mass is 10.0. The van der Waals surface area contributed by atoms with E-state index in [2.05, 4.69) is 24.4 Å². The number of rotatable bonds is 5. The van der Waals surface area contributed by atoms with Crippen molar-refractivity contribution in [3.05, 3.63) is 64.9 Å². The molecule has 0 aromatic heterocycles. The van der Waals surface area contributed by atoms with Crippen molar-refractivity contribution in [2.24, 2.45) is 0 Å². The number of nitrogens with one attached hydrogen (secondary N) is 1. The van der Waals surface area contributed by atoms with Crippen LogP contribution >= 0.6 is 11.6 Å². The fraction of sp³-hybridized carbons (Fsp3) is 0.250. The third-order valence-corrected chi connectivity index (χ3v) is 3.34. The zero-order valence-electron chi connectivity index (χ0n) is 10.9. The third kappa shape index (κ3) is 3.97. The molecule has 1 nitrogen and oxygen atoms in total. The molecule has 0 radical (unpaired) electrons. The smallest absolute Gasteiger partial charge is 0.146 e. The molecule has 0 saturated carbocycles. The van der Waals surface area contributed by atoms with Crippen LogP contribution in [-0.2, 0) is 6.42 Å². The summed E-state index contributed by atoms with van der Waals surface area (Å²) in [5.74, 6) is -0.268. The number of anilines is 1. The molecule has 0 aliphatic carbocycles. The van der Waals surface area contributed by atoms with Crippen molar-refractivity contribution in [3.8, 4) is 0 Å². The molecule has 2 aromatic carbocycles. The second-order valence-corrected chi connectivity index (χ2v) is 5.00. The van der Waals surface area contributed by atoms with E-state index in [0.29, 0.717) is 10.7 Å². The molecule has 3 heteroatoms. The quantitative estimate of drug-likeness (QED) is 0.818. The summed E-state index contributed by atoms with van der Waals surface area (Å²) in [6, 6.07) is 15.0. The Bertz CT molecular complexity index is 528. The van der Waals surface area contributed by atoms with Gasteiger partial charge in [-0.1, -0.05) is 48.9 Å². The maximum absolute atomic E-state index is 13.7. The van der Waals surface area contributed by atoms with Crippen molar-refractivity contribution >= 4 is 17.3 Å². The van der Waals surface area contributed by atoms with Crippen LogP contribution in [0.5, 0.6) is 0 Å². The van der Waals surface area contributed by atoms with E-state index in [0.717, 1.165) is 12.8 Å². The molecule has 0 amide bonds. The summed E-state index contributed by atoms with van der Waals surface area (Å²) in [6.45, 7) is 2.09. The minimum Gasteiger partial charge on any atom is -0.380 e. The van der Waals surface area contributed by atoms with Gasteiger partial charge in [-0.2, -0.15) is 0 Å². The second kappa shape index (κ2) is 6.58. The molecule has 1 unspecified atom stereocenters. The first kappa shape index (κ1) is 13.9. The molecule has 2 rings (SSSR count). The Morgan fingerprint density at radius 1 is 1.16 bits per heavy atom. The van der Waals surface area contributed by atoms with Crippen molar-refractivity contribution < 1.29 is 4.39 Å². The van der Waals surface area contributed by atoms with Crippen LogP contribution < -0.4 is 5.32 Å². The van der Waals surface area contributed by atoms with Gasteiger partial charge in [-0.25, -0.2) is 4.39 Å². The van der Waals surface area contributed by atoms with Gasteiger partial charge in [0.15, 0.2) is 0 Å². The van der Waals surface area contributed by atoms with Crippen molar-refractivity contribution in [1.82, 2.24) is 0 Å². The maximum atomic E-state index is 13.7. The van der Waals surface area contributed by atoms with Crippen molar-refractivity contribution in [2.45, 2.75) is 25.8 Å². The van der Waals surface area contributed by atoms with Crippen LogP contribution in [0.15, 0.2) is 48.5 Å². The second-order valence-electron chi connectivity index (χ2n) is 4.56. The maximum Gasteiger partial charge on any atom is 0.146 e. The van der Waals surface area contributed by atoms with E-state index in [9.17, 15) is 4.39 Å². The largest absolute Gasteiger partial charge is 0.380 e. The number of benzene rings is 2. The predicted octanol–water partition coefficient (Wildman–Crippen LogP) is 4.91. The Labute approximate surface area is 118 Å². The molecule has 1 N–H and O–H groups in total. The van der Waals surface area contributed by atoms with Crippen LogP contribution in [0.3, 0.4) is 0 Å². The minimum atomic E-state index is -0.268. The summed E-state index contributed by atoms with van der Waals surface area (Å²) in [5, 5.41) is 3.77. The van der Waals surface area contributed by atoms with Crippen molar-refractivity contribution in [3.63, 3.8) is 0 Å². The number of halogens is 2. The van der Waals surface area contributed by atoms with Gasteiger partial charge >= 0.3 is 0 Å². The molecule has 2 aromatic rings. The van der Waals surface area contributed by atoms with E-state index in [-0.39, 0.29) is 11.9 Å². The highest BCUT2D eigenvalue weighted by Crippen LogP contribution is 2.21. The van der Waals surface area contributed by atoms with E-state index >= 15 is 0 Å². The fourth-order valence-corrected chi connectivity index (χ4v) is 2.20. The number of hydrogen-bond donors (Lipinski definition) is 1. The average molecular weight is 278 g/mol. The lowest BCUT2D eigenvalue weighted by molar-refractivity contribution is 0.619. The van der Waals surface area contributed by atoms with Crippen LogP contribution in [0.4, 0.5) is 10.1 Å². The highest BCUT2D eigenvalue weighted by atomic mass is 35.5. The van der Waals surface area contributed by atoms with Crippen LogP contribution in [0.25, 0.3) is 0 Å². The SMILES string of the molecule is CCC(Cc1ccccc1)Nc1cc(Cl)ccc1F. The fourth-order valence-electron chi connectivity index (χ4n) is 2.02. The Hall–Kier alpha value is -1.54. The van der Waals surface area contributed by atoms with Gasteiger partial charge in [-0.3, -0.25) is 0 Å². The first-order valence-corrected chi connectivity index (χ1v) is 6.82. The molecular formula is C16H17ClFN. The topological polar surface area (TPSA) is 12.0 Å². The van der Waals surface area contributed by atoms with E-state index in [1.54, 1.807) is 12.1 Å². The summed E-state index contributed by atoms with van der Waals surface area (Å²) >= 11 is 5.90. The van der Waals surface area contributed by atoms with E-state index in [4.69, 9.17) is 11.6 Å². The Morgan fingerprint density at radius 3 is 2.58 bits per heavy atom. The van der Waals surface area contributed by atoms with E-state index in [1.165, 1.54) is 11.6 Å². The highest BCUT2D eigenvalue weighted by molar-refractivity contribution is 6.30. The van der Waals surface area contributed by atoms with Gasteiger partial charge in [0, 0.05) is 11.1 Å². The zero-order valence-corrected chi connectivity index (χ0v) is 11.6. The van der Waals surface area contributed by atoms with Crippen LogP contribution in [0, 0.1) is 5.82 Å². The van der Waals surface area contributed by atoms with Crippen LogP contribution in [0.2, 0.25) is 5.02 Å². The minimum absolute atomic E-state index is 0.190. The van der Waals surface area contributed by atoms with Crippen molar-refractivity contribution in [1.29, 1.82) is 0 Å². The Balaban J connectivity index is 2.09. The summed E-state index contributed by atoms with van der Waals surface area (Å²) in [7, 11) is 0. The molecule has 0 bridgehead atoms. The van der Waals surface area contributed by atoms with Crippen LogP contribution in [-0.4, -0.2) is 6.04 Å². The molecule has 19 heavy (non-hydrogen) atoms. The molecule has 0 heterocycles. The predicted molar refractivity (Wildman–Crippen MR) is 79.3 cm³/mol. The normalized spacial score (nSPS) is 12.2. The van der Waals surface area contributed by atoms with Gasteiger partial charge in [-0.05, 0) is 36.6 Å². The summed E-state index contributed by atoms with van der Waals surface area (Å²) < 4.78 is 13.7.